The second kappa shape index (κ2) is 11.8. The van der Waals surface area contributed by atoms with Gasteiger partial charge in [0.25, 0.3) is 0 Å². The van der Waals surface area contributed by atoms with Gasteiger partial charge in [-0.2, -0.15) is 0 Å². The van der Waals surface area contributed by atoms with Gasteiger partial charge in [-0.25, -0.2) is 0 Å². The van der Waals surface area contributed by atoms with E-state index >= 15 is 0 Å². The van der Waals surface area contributed by atoms with Gasteiger partial charge in [-0.1, -0.05) is 27.7 Å². The topological polar surface area (TPSA) is 91.3 Å². The number of carbonyl (C=O) groups excluding carboxylic acids is 1. The van der Waals surface area contributed by atoms with Crippen molar-refractivity contribution >= 4 is 21.9 Å². The van der Waals surface area contributed by atoms with Crippen molar-refractivity contribution in [2.24, 2.45) is 5.92 Å². The van der Waals surface area contributed by atoms with Gasteiger partial charge >= 0.3 is 13.6 Å². The lowest BCUT2D eigenvalue weighted by atomic mass is 9.99. The van der Waals surface area contributed by atoms with Crippen LogP contribution in [0.4, 0.5) is 0 Å². The molecule has 168 valence electrons. The molecule has 0 saturated heterocycles. The van der Waals surface area contributed by atoms with E-state index in [1.165, 1.54) is 0 Å². The van der Waals surface area contributed by atoms with E-state index in [4.69, 9.17) is 18.2 Å². The molecular formula is C19H41O7PSi. The number of ether oxygens (including phenoxy) is 1. The van der Waals surface area contributed by atoms with Gasteiger partial charge in [0, 0.05) is 0 Å². The molecule has 0 amide bonds. The Morgan fingerprint density at radius 1 is 1.07 bits per heavy atom. The van der Waals surface area contributed by atoms with Crippen LogP contribution in [0, 0.1) is 5.92 Å². The fourth-order valence-electron chi connectivity index (χ4n) is 2.35. The lowest BCUT2D eigenvalue weighted by molar-refractivity contribution is -0.143. The number of esters is 1. The molecule has 28 heavy (non-hydrogen) atoms. The highest BCUT2D eigenvalue weighted by atomic mass is 31.2. The van der Waals surface area contributed by atoms with Crippen LogP contribution < -0.4 is 0 Å². The normalized spacial score (nSPS) is 16.5. The summed E-state index contributed by atoms with van der Waals surface area (Å²) in [6, 6.07) is 0. The number of aliphatic hydroxyl groups excluding tert-OH is 1. The summed E-state index contributed by atoms with van der Waals surface area (Å²) in [5, 5.41) is 10.6. The molecule has 0 heterocycles. The quantitative estimate of drug-likeness (QED) is 0.254. The smallest absolute Gasteiger partial charge is 0.344 e. The Labute approximate surface area is 172 Å². The van der Waals surface area contributed by atoms with Crippen LogP contribution in [0.3, 0.4) is 0 Å². The van der Waals surface area contributed by atoms with Crippen LogP contribution in [0.5, 0.6) is 0 Å². The predicted molar refractivity (Wildman–Crippen MR) is 114 cm³/mol. The van der Waals surface area contributed by atoms with E-state index in [9.17, 15) is 14.5 Å². The molecule has 0 aliphatic heterocycles. The van der Waals surface area contributed by atoms with E-state index in [1.807, 2.05) is 0 Å². The van der Waals surface area contributed by atoms with Crippen LogP contribution in [0.15, 0.2) is 0 Å². The maximum atomic E-state index is 13.2. The largest absolute Gasteiger partial charge is 0.465 e. The maximum Gasteiger partial charge on any atom is 0.344 e. The molecule has 1 N–H and O–H groups in total. The van der Waals surface area contributed by atoms with Gasteiger partial charge in [-0.3, -0.25) is 9.36 Å². The van der Waals surface area contributed by atoms with E-state index in [2.05, 4.69) is 33.9 Å². The van der Waals surface area contributed by atoms with Crippen molar-refractivity contribution in [3.8, 4) is 0 Å². The minimum absolute atomic E-state index is 0.0308. The molecule has 0 fully saturated rings. The van der Waals surface area contributed by atoms with Crippen molar-refractivity contribution in [1.82, 2.24) is 0 Å². The standard InChI is InChI=1S/C19H41O7PSi/c1-10-23-18(21)17(27(22,24-11-2)25-12-3)13-15(4)16(20)14-26-28(8,9)19(5,6)7/h15-17,20H,10-14H2,1-9H3/t15-,16-,17+/m1/s1. The molecule has 0 rings (SSSR count). The molecule has 0 unspecified atom stereocenters. The summed E-state index contributed by atoms with van der Waals surface area (Å²) >= 11 is 0. The molecule has 0 saturated carbocycles. The zero-order valence-corrected chi connectivity index (χ0v) is 21.0. The van der Waals surface area contributed by atoms with Gasteiger partial charge in [0.1, 0.15) is 0 Å². The summed E-state index contributed by atoms with van der Waals surface area (Å²) in [5.41, 5.74) is -1.08. The Morgan fingerprint density at radius 2 is 1.57 bits per heavy atom. The van der Waals surface area contributed by atoms with Crippen LogP contribution in [0.1, 0.15) is 54.9 Å². The second-order valence-electron chi connectivity index (χ2n) is 8.49. The minimum atomic E-state index is -3.70. The highest BCUT2D eigenvalue weighted by Gasteiger charge is 2.44. The molecule has 0 radical (unpaired) electrons. The molecule has 7 nitrogen and oxygen atoms in total. The summed E-state index contributed by atoms with van der Waals surface area (Å²) in [6.07, 6.45) is -0.680. The fourth-order valence-corrected chi connectivity index (χ4v) is 5.45. The van der Waals surface area contributed by atoms with Crippen LogP contribution in [0.2, 0.25) is 18.1 Å². The van der Waals surface area contributed by atoms with Gasteiger partial charge in [-0.05, 0) is 51.2 Å². The summed E-state index contributed by atoms with van der Waals surface area (Å²) in [4.78, 5) is 12.5. The van der Waals surface area contributed by atoms with Crippen LogP contribution in [-0.4, -0.2) is 57.6 Å². The van der Waals surface area contributed by atoms with Gasteiger partial charge in [-0.15, -0.1) is 0 Å². The van der Waals surface area contributed by atoms with Crippen molar-refractivity contribution in [1.29, 1.82) is 0 Å². The lowest BCUT2D eigenvalue weighted by Crippen LogP contribution is -2.43. The Kier molecular flexibility index (Phi) is 11.7. The number of rotatable bonds is 13. The zero-order valence-electron chi connectivity index (χ0n) is 19.1. The third kappa shape index (κ3) is 8.25. The Balaban J connectivity index is 5.30. The molecule has 0 aromatic heterocycles. The maximum absolute atomic E-state index is 13.2. The van der Waals surface area contributed by atoms with Crippen molar-refractivity contribution < 1.29 is 32.7 Å². The summed E-state index contributed by atoms with van der Waals surface area (Å²) < 4.78 is 35.1. The van der Waals surface area contributed by atoms with Crippen LogP contribution >= 0.6 is 7.60 Å². The van der Waals surface area contributed by atoms with E-state index < -0.39 is 33.6 Å². The highest BCUT2D eigenvalue weighted by Crippen LogP contribution is 2.55. The van der Waals surface area contributed by atoms with E-state index in [0.717, 1.165) is 0 Å². The molecule has 9 heteroatoms. The summed E-state index contributed by atoms with van der Waals surface area (Å²) in [7, 11) is -5.71. The minimum Gasteiger partial charge on any atom is -0.465 e. The number of hydrogen-bond acceptors (Lipinski definition) is 7. The van der Waals surface area contributed by atoms with Gasteiger partial charge in [0.15, 0.2) is 14.0 Å². The first-order chi connectivity index (χ1) is 12.8. The van der Waals surface area contributed by atoms with Crippen molar-refractivity contribution in [2.45, 2.75) is 84.8 Å². The molecule has 0 bridgehead atoms. The van der Waals surface area contributed by atoms with Crippen LogP contribution in [0.25, 0.3) is 0 Å². The number of hydrogen-bond donors (Lipinski definition) is 1. The molecular weight excluding hydrogens is 399 g/mol. The van der Waals surface area contributed by atoms with Gasteiger partial charge in [0.05, 0.1) is 32.5 Å². The first-order valence-electron chi connectivity index (χ1n) is 10.1. The fraction of sp³-hybridized carbons (Fsp3) is 0.947. The van der Waals surface area contributed by atoms with Crippen LogP contribution in [-0.2, 0) is 27.6 Å². The average molecular weight is 441 g/mol. The predicted octanol–water partition coefficient (Wildman–Crippen LogP) is 4.59. The SMILES string of the molecule is CCOC(=O)[C@H](C[C@@H](C)[C@H](O)CO[Si](C)(C)C(C)(C)C)P(=O)(OCC)OCC. The first kappa shape index (κ1) is 27.8. The molecule has 3 atom stereocenters. The Morgan fingerprint density at radius 3 is 1.96 bits per heavy atom. The molecule has 0 aromatic carbocycles. The first-order valence-corrected chi connectivity index (χ1v) is 14.6. The van der Waals surface area contributed by atoms with Crippen molar-refractivity contribution in [3.05, 3.63) is 0 Å². The Bertz CT molecular complexity index is 509. The average Bonchev–Trinajstić information content (AvgIpc) is 2.56. The lowest BCUT2D eigenvalue weighted by Gasteiger charge is -2.37. The van der Waals surface area contributed by atoms with E-state index in [1.54, 1.807) is 27.7 Å². The third-order valence-electron chi connectivity index (χ3n) is 5.23. The monoisotopic (exact) mass is 440 g/mol. The van der Waals surface area contributed by atoms with Gasteiger partial charge < -0.3 is 23.3 Å². The number of carbonyl (C=O) groups is 1. The highest BCUT2D eigenvalue weighted by molar-refractivity contribution is 7.55. The molecule has 0 aliphatic rings. The summed E-state index contributed by atoms with van der Waals surface area (Å²) in [6.45, 7) is 18.1. The van der Waals surface area contributed by atoms with E-state index in [-0.39, 0.29) is 43.8 Å². The van der Waals surface area contributed by atoms with E-state index in [0.29, 0.717) is 0 Å². The van der Waals surface area contributed by atoms with Crippen molar-refractivity contribution in [2.75, 3.05) is 26.4 Å². The summed E-state index contributed by atoms with van der Waals surface area (Å²) in [5.74, 6) is -0.981. The molecule has 0 spiro atoms. The van der Waals surface area contributed by atoms with Gasteiger partial charge in [0.2, 0.25) is 0 Å². The molecule has 0 aliphatic carbocycles. The second-order valence-corrected chi connectivity index (χ2v) is 15.5. The number of aliphatic hydroxyl groups is 1. The zero-order chi connectivity index (χ0) is 22.2. The Hall–Kier alpha value is -0.243. The third-order valence-corrected chi connectivity index (χ3v) is 12.2. The molecule has 0 aromatic rings. The van der Waals surface area contributed by atoms with Crippen molar-refractivity contribution in [3.63, 3.8) is 0 Å².